The van der Waals surface area contributed by atoms with Crippen LogP contribution in [-0.2, 0) is 4.79 Å². The van der Waals surface area contributed by atoms with E-state index in [2.05, 4.69) is 30.4 Å². The van der Waals surface area contributed by atoms with E-state index in [1.165, 1.54) is 19.1 Å². The van der Waals surface area contributed by atoms with Crippen LogP contribution >= 0.6 is 0 Å². The van der Waals surface area contributed by atoms with Crippen LogP contribution in [0.2, 0.25) is 0 Å². The molecule has 1 unspecified atom stereocenters. The number of carbonyl (C=O) groups is 1. The van der Waals surface area contributed by atoms with Crippen LogP contribution in [-0.4, -0.2) is 47.9 Å². The maximum atomic E-state index is 12.5. The van der Waals surface area contributed by atoms with E-state index in [0.717, 1.165) is 54.7 Å². The topological polar surface area (TPSA) is 75.6 Å². The molecule has 39 heavy (non-hydrogen) atoms. The fourth-order valence-electron chi connectivity index (χ4n) is 3.52. The lowest BCUT2D eigenvalue weighted by atomic mass is 9.97. The van der Waals surface area contributed by atoms with Crippen molar-refractivity contribution in [1.29, 1.82) is 0 Å². The first kappa shape index (κ1) is 35.6. The SMILES string of the molecule is C/C=C/CO.CC#CCN(C)c1nc(C(CC)CCCC)nc(-c2ccc(OC(F)(F)F)cc2)c1C.CC=O. The van der Waals surface area contributed by atoms with Gasteiger partial charge in [-0.2, -0.15) is 0 Å². The molecule has 0 aliphatic heterocycles. The quantitative estimate of drug-likeness (QED) is 0.191. The largest absolute Gasteiger partial charge is 0.573 e. The number of unbranched alkanes of at least 4 members (excludes halogenated alkanes) is 1. The number of ether oxygens (including phenoxy) is 1. The predicted molar refractivity (Wildman–Crippen MR) is 152 cm³/mol. The van der Waals surface area contributed by atoms with Gasteiger partial charge in [0.05, 0.1) is 18.8 Å². The zero-order valence-corrected chi connectivity index (χ0v) is 24.1. The van der Waals surface area contributed by atoms with Crippen molar-refractivity contribution in [2.75, 3.05) is 25.1 Å². The average molecular weight is 550 g/mol. The van der Waals surface area contributed by atoms with Crippen molar-refractivity contribution in [1.82, 2.24) is 9.97 Å². The van der Waals surface area contributed by atoms with Crippen LogP contribution in [0.25, 0.3) is 11.3 Å². The molecule has 6 nitrogen and oxygen atoms in total. The smallest absolute Gasteiger partial charge is 0.406 e. The number of aliphatic hydroxyl groups is 1. The highest BCUT2D eigenvalue weighted by molar-refractivity contribution is 5.69. The van der Waals surface area contributed by atoms with Gasteiger partial charge in [-0.05, 0) is 64.8 Å². The molecule has 0 saturated carbocycles. The number of nitrogens with zero attached hydrogens (tertiary/aromatic N) is 3. The van der Waals surface area contributed by atoms with Crippen LogP contribution in [0.1, 0.15) is 77.6 Å². The Labute approximate surface area is 231 Å². The van der Waals surface area contributed by atoms with Crippen LogP contribution in [0.15, 0.2) is 36.4 Å². The molecular formula is C30H42F3N3O3. The molecule has 1 aromatic heterocycles. The standard InChI is InChI=1S/C24H30F3N3O.C4H8O.C2H4O/c1-6-9-11-18(8-3)22-28-21(17(4)23(29-22)30(5)16-10-7-2)19-12-14-20(15-13-19)31-24(25,26)27;1-2-3-4-5;1-2-3/h12-15,18H,6,8-9,11,16H2,1-5H3;2-3,5H,4H2,1H3;2H,1H3/b;3-2+;. The van der Waals surface area contributed by atoms with Gasteiger partial charge in [0, 0.05) is 24.1 Å². The highest BCUT2D eigenvalue weighted by atomic mass is 19.4. The zero-order chi connectivity index (χ0) is 29.8. The normalized spacial score (nSPS) is 11.3. The molecule has 0 bridgehead atoms. The molecule has 0 fully saturated rings. The third-order valence-electron chi connectivity index (χ3n) is 5.46. The summed E-state index contributed by atoms with van der Waals surface area (Å²) < 4.78 is 41.5. The summed E-state index contributed by atoms with van der Waals surface area (Å²) >= 11 is 0. The molecule has 0 saturated heterocycles. The molecule has 1 atom stereocenters. The number of carbonyl (C=O) groups excluding carboxylic acids is 1. The van der Waals surface area contributed by atoms with Crippen molar-refractivity contribution in [2.45, 2.75) is 79.5 Å². The molecule has 0 spiro atoms. The Morgan fingerprint density at radius 1 is 1.15 bits per heavy atom. The van der Waals surface area contributed by atoms with E-state index in [4.69, 9.17) is 19.9 Å². The lowest BCUT2D eigenvalue weighted by molar-refractivity contribution is -0.274. The van der Waals surface area contributed by atoms with Gasteiger partial charge in [0.1, 0.15) is 23.7 Å². The van der Waals surface area contributed by atoms with Gasteiger partial charge >= 0.3 is 6.36 Å². The molecule has 0 amide bonds. The van der Waals surface area contributed by atoms with Crippen LogP contribution in [0.4, 0.5) is 19.0 Å². The molecular weight excluding hydrogens is 507 g/mol. The fraction of sp³-hybridized carbons (Fsp3) is 0.500. The van der Waals surface area contributed by atoms with E-state index in [1.807, 2.05) is 25.8 Å². The van der Waals surface area contributed by atoms with E-state index < -0.39 is 6.36 Å². The molecule has 0 aliphatic rings. The minimum Gasteiger partial charge on any atom is -0.406 e. The summed E-state index contributed by atoms with van der Waals surface area (Å²) in [4.78, 5) is 20.5. The molecule has 2 rings (SSSR count). The number of aromatic nitrogens is 2. The van der Waals surface area contributed by atoms with Crippen LogP contribution in [0, 0.1) is 18.8 Å². The van der Waals surface area contributed by atoms with Crippen molar-refractivity contribution in [3.05, 3.63) is 47.8 Å². The number of allylic oxidation sites excluding steroid dienone is 1. The molecule has 2 aromatic rings. The molecule has 0 aliphatic carbocycles. The molecule has 1 N–H and O–H groups in total. The highest BCUT2D eigenvalue weighted by Crippen LogP contribution is 2.33. The summed E-state index contributed by atoms with van der Waals surface area (Å²) in [6.07, 6.45) is 3.60. The molecule has 1 heterocycles. The Morgan fingerprint density at radius 2 is 1.77 bits per heavy atom. The van der Waals surface area contributed by atoms with Crippen molar-refractivity contribution < 1.29 is 27.8 Å². The Morgan fingerprint density at radius 3 is 2.21 bits per heavy atom. The Bertz CT molecular complexity index is 1060. The molecule has 9 heteroatoms. The van der Waals surface area contributed by atoms with Gasteiger partial charge in [0.25, 0.3) is 0 Å². The number of aliphatic hydroxyl groups excluding tert-OH is 1. The summed E-state index contributed by atoms with van der Waals surface area (Å²) in [7, 11) is 1.93. The molecule has 0 radical (unpaired) electrons. The monoisotopic (exact) mass is 549 g/mol. The van der Waals surface area contributed by atoms with Gasteiger partial charge in [-0.15, -0.1) is 19.1 Å². The second kappa shape index (κ2) is 19.7. The number of halogens is 3. The highest BCUT2D eigenvalue weighted by Gasteiger charge is 2.31. The van der Waals surface area contributed by atoms with Gasteiger partial charge in [-0.25, -0.2) is 9.97 Å². The number of rotatable bonds is 10. The first-order valence-corrected chi connectivity index (χ1v) is 13.0. The fourth-order valence-corrected chi connectivity index (χ4v) is 3.52. The Kier molecular flexibility index (Phi) is 18.0. The lowest BCUT2D eigenvalue weighted by Gasteiger charge is -2.23. The summed E-state index contributed by atoms with van der Waals surface area (Å²) in [6, 6.07) is 5.82. The minimum atomic E-state index is -4.72. The number of benzene rings is 1. The van der Waals surface area contributed by atoms with Crippen LogP contribution in [0.3, 0.4) is 0 Å². The summed E-state index contributed by atoms with van der Waals surface area (Å²) in [5, 5.41) is 7.98. The predicted octanol–water partition coefficient (Wildman–Crippen LogP) is 7.25. The van der Waals surface area contributed by atoms with Gasteiger partial charge in [0.15, 0.2) is 0 Å². The molecule has 216 valence electrons. The van der Waals surface area contributed by atoms with E-state index in [9.17, 15) is 13.2 Å². The van der Waals surface area contributed by atoms with E-state index in [0.29, 0.717) is 12.2 Å². The van der Waals surface area contributed by atoms with Crippen LogP contribution in [0.5, 0.6) is 5.75 Å². The number of hydrogen-bond acceptors (Lipinski definition) is 6. The van der Waals surface area contributed by atoms with E-state index in [-0.39, 0.29) is 18.3 Å². The Balaban J connectivity index is 0.00000159. The van der Waals surface area contributed by atoms with Crippen LogP contribution < -0.4 is 9.64 Å². The second-order valence-electron chi connectivity index (χ2n) is 8.47. The third-order valence-corrected chi connectivity index (χ3v) is 5.46. The van der Waals surface area contributed by atoms with Gasteiger partial charge < -0.3 is 19.5 Å². The summed E-state index contributed by atoms with van der Waals surface area (Å²) in [5.41, 5.74) is 2.29. The number of aldehydes is 1. The van der Waals surface area contributed by atoms with Gasteiger partial charge in [-0.1, -0.05) is 44.8 Å². The van der Waals surface area contributed by atoms with Gasteiger partial charge in [0.2, 0.25) is 0 Å². The van der Waals surface area contributed by atoms with Crippen molar-refractivity contribution in [2.24, 2.45) is 0 Å². The first-order valence-electron chi connectivity index (χ1n) is 13.0. The van der Waals surface area contributed by atoms with Gasteiger partial charge in [-0.3, -0.25) is 0 Å². The summed E-state index contributed by atoms with van der Waals surface area (Å²) in [6.45, 7) is 12.0. The first-order chi connectivity index (χ1) is 18.5. The maximum absolute atomic E-state index is 12.5. The van der Waals surface area contributed by atoms with E-state index >= 15 is 0 Å². The van der Waals surface area contributed by atoms with Crippen molar-refractivity contribution in [3.8, 4) is 28.8 Å². The van der Waals surface area contributed by atoms with Crippen molar-refractivity contribution >= 4 is 12.1 Å². The minimum absolute atomic E-state index is 0.163. The second-order valence-corrected chi connectivity index (χ2v) is 8.47. The third kappa shape index (κ3) is 13.8. The lowest BCUT2D eigenvalue weighted by Crippen LogP contribution is -2.22. The zero-order valence-electron chi connectivity index (χ0n) is 24.1. The van der Waals surface area contributed by atoms with Crippen molar-refractivity contribution in [3.63, 3.8) is 0 Å². The van der Waals surface area contributed by atoms with E-state index in [1.54, 1.807) is 31.2 Å². The maximum Gasteiger partial charge on any atom is 0.573 e. The average Bonchev–Trinajstić information content (AvgIpc) is 2.89. The Hall–Kier alpha value is -3.38. The number of anilines is 1. The number of alkyl halides is 3. The summed E-state index contributed by atoms with van der Waals surface area (Å²) in [5.74, 6) is 7.46. The number of hydrogen-bond donors (Lipinski definition) is 1. The molecule has 1 aromatic carbocycles.